The Balaban J connectivity index is 2.35. The maximum Gasteiger partial charge on any atom is 0.150 e. The number of hydrogen-bond donors (Lipinski definition) is 2. The minimum atomic E-state index is 0.456. The van der Waals surface area contributed by atoms with Crippen LogP contribution in [0.15, 0.2) is 36.4 Å². The highest BCUT2D eigenvalue weighted by molar-refractivity contribution is 6.01. The zero-order chi connectivity index (χ0) is 14.3. The molecule has 1 heterocycles. The second-order valence-corrected chi connectivity index (χ2v) is 4.62. The number of anilines is 1. The molecule has 0 spiro atoms. The second kappa shape index (κ2) is 4.45. The Labute approximate surface area is 116 Å². The molecule has 0 aliphatic carbocycles. The molecule has 20 heavy (non-hydrogen) atoms. The topological polar surface area (TPSA) is 79.1 Å². The maximum atomic E-state index is 6.04. The third kappa shape index (κ3) is 1.67. The molecule has 0 radical (unpaired) electrons. The van der Waals surface area contributed by atoms with E-state index < -0.39 is 0 Å². The van der Waals surface area contributed by atoms with Gasteiger partial charge in [0, 0.05) is 10.9 Å². The van der Waals surface area contributed by atoms with Crippen LogP contribution in [-0.2, 0) is 0 Å². The first kappa shape index (κ1) is 12.3. The summed E-state index contributed by atoms with van der Waals surface area (Å²) in [6.07, 6.45) is 0. The molecular formula is C15H16N4O. The molecule has 1 aromatic heterocycles. The van der Waals surface area contributed by atoms with E-state index in [0.29, 0.717) is 17.3 Å². The first-order valence-corrected chi connectivity index (χ1v) is 6.29. The molecule has 5 nitrogen and oxygen atoms in total. The number of rotatable bonds is 2. The van der Waals surface area contributed by atoms with Crippen molar-refractivity contribution in [2.24, 2.45) is 0 Å². The molecule has 0 unspecified atom stereocenters. The van der Waals surface area contributed by atoms with Gasteiger partial charge in [-0.3, -0.25) is 0 Å². The summed E-state index contributed by atoms with van der Waals surface area (Å²) in [5, 5.41) is 2.06. The van der Waals surface area contributed by atoms with Crippen LogP contribution in [0.5, 0.6) is 5.75 Å². The van der Waals surface area contributed by atoms with Crippen LogP contribution in [-0.4, -0.2) is 16.8 Å². The van der Waals surface area contributed by atoms with Gasteiger partial charge in [0.1, 0.15) is 17.3 Å². The van der Waals surface area contributed by atoms with Gasteiger partial charge in [-0.25, -0.2) is 9.66 Å². The quantitative estimate of drug-likeness (QED) is 0.699. The van der Waals surface area contributed by atoms with Crippen molar-refractivity contribution in [3.63, 3.8) is 0 Å². The molecule has 0 amide bonds. The monoisotopic (exact) mass is 268 g/mol. The smallest absolute Gasteiger partial charge is 0.150 e. The zero-order valence-corrected chi connectivity index (χ0v) is 11.4. The molecule has 0 saturated heterocycles. The van der Waals surface area contributed by atoms with Crippen LogP contribution in [0.25, 0.3) is 22.0 Å². The van der Waals surface area contributed by atoms with Crippen LogP contribution < -0.4 is 16.3 Å². The highest BCUT2D eigenvalue weighted by Gasteiger charge is 2.15. The molecule has 0 aliphatic heterocycles. The Morgan fingerprint density at radius 2 is 1.80 bits per heavy atom. The lowest BCUT2D eigenvalue weighted by Gasteiger charge is -2.09. The Morgan fingerprint density at radius 1 is 1.10 bits per heavy atom. The number of hydrogen-bond acceptors (Lipinski definition) is 4. The number of nitrogen functional groups attached to an aromatic ring is 2. The van der Waals surface area contributed by atoms with Crippen molar-refractivity contribution in [1.82, 2.24) is 9.66 Å². The molecule has 3 aromatic rings. The minimum Gasteiger partial charge on any atom is -0.496 e. The predicted molar refractivity (Wildman–Crippen MR) is 81.0 cm³/mol. The van der Waals surface area contributed by atoms with E-state index in [1.54, 1.807) is 7.11 Å². The zero-order valence-electron chi connectivity index (χ0n) is 11.4. The predicted octanol–water partition coefficient (Wildman–Crippen LogP) is 2.32. The van der Waals surface area contributed by atoms with Gasteiger partial charge in [0.2, 0.25) is 0 Å². The summed E-state index contributed by atoms with van der Waals surface area (Å²) in [6, 6.07) is 11.9. The molecule has 0 atom stereocenters. The second-order valence-electron chi connectivity index (χ2n) is 4.62. The Hall–Kier alpha value is -2.69. The first-order chi connectivity index (χ1) is 9.63. The summed E-state index contributed by atoms with van der Waals surface area (Å²) in [4.78, 5) is 4.46. The molecule has 0 aliphatic rings. The van der Waals surface area contributed by atoms with Gasteiger partial charge in [0.05, 0.1) is 7.11 Å². The van der Waals surface area contributed by atoms with Gasteiger partial charge in [0.25, 0.3) is 0 Å². The fraction of sp³-hybridized carbons (Fsp3) is 0.133. The maximum absolute atomic E-state index is 6.04. The number of ether oxygens (including phenoxy) is 1. The van der Waals surface area contributed by atoms with Crippen LogP contribution in [0.3, 0.4) is 0 Å². The highest BCUT2D eigenvalue weighted by atomic mass is 16.5. The van der Waals surface area contributed by atoms with Gasteiger partial charge in [-0.1, -0.05) is 24.3 Å². The first-order valence-electron chi connectivity index (χ1n) is 6.29. The van der Waals surface area contributed by atoms with E-state index in [9.17, 15) is 0 Å². The molecule has 5 heteroatoms. The normalized spacial score (nSPS) is 10.9. The van der Waals surface area contributed by atoms with Crippen molar-refractivity contribution in [2.45, 2.75) is 6.92 Å². The minimum absolute atomic E-state index is 0.456. The number of aryl methyl sites for hydroxylation is 1. The van der Waals surface area contributed by atoms with E-state index in [2.05, 4.69) is 4.98 Å². The summed E-state index contributed by atoms with van der Waals surface area (Å²) in [7, 11) is 1.66. The van der Waals surface area contributed by atoms with Gasteiger partial charge in [-0.15, -0.1) is 0 Å². The summed E-state index contributed by atoms with van der Waals surface area (Å²) in [5.74, 6) is 7.80. The van der Waals surface area contributed by atoms with E-state index >= 15 is 0 Å². The number of fused-ring (bicyclic) bond motifs is 1. The Morgan fingerprint density at radius 3 is 2.40 bits per heavy atom. The third-order valence-corrected chi connectivity index (χ3v) is 3.48. The van der Waals surface area contributed by atoms with E-state index in [1.807, 2.05) is 43.3 Å². The van der Waals surface area contributed by atoms with Gasteiger partial charge in [-0.2, -0.15) is 0 Å². The van der Waals surface area contributed by atoms with Gasteiger partial charge < -0.3 is 16.3 Å². The van der Waals surface area contributed by atoms with Crippen LogP contribution in [0.2, 0.25) is 0 Å². The summed E-state index contributed by atoms with van der Waals surface area (Å²) in [6.45, 7) is 1.82. The standard InChI is InChI=1S/C15H16N4O/c1-9-18-14(15(16)19(9)17)12-7-8-13(20-2)11-6-4-3-5-10(11)12/h3-8H,16-17H2,1-2H3. The highest BCUT2D eigenvalue weighted by Crippen LogP contribution is 2.35. The Bertz CT molecular complexity index is 792. The van der Waals surface area contributed by atoms with E-state index in [1.165, 1.54) is 4.68 Å². The number of methoxy groups -OCH3 is 1. The lowest BCUT2D eigenvalue weighted by molar-refractivity contribution is 0.420. The van der Waals surface area contributed by atoms with E-state index in [4.69, 9.17) is 16.3 Å². The summed E-state index contributed by atoms with van der Waals surface area (Å²) in [5.41, 5.74) is 7.69. The fourth-order valence-corrected chi connectivity index (χ4v) is 2.42. The van der Waals surface area contributed by atoms with Gasteiger partial charge >= 0.3 is 0 Å². The largest absolute Gasteiger partial charge is 0.496 e. The number of nitrogens with zero attached hydrogens (tertiary/aromatic N) is 2. The SMILES string of the molecule is COc1ccc(-c2nc(C)n(N)c2N)c2ccccc12. The molecule has 0 fully saturated rings. The molecule has 3 rings (SSSR count). The summed E-state index contributed by atoms with van der Waals surface area (Å²) >= 11 is 0. The third-order valence-electron chi connectivity index (χ3n) is 3.48. The van der Waals surface area contributed by atoms with Gasteiger partial charge in [0.15, 0.2) is 5.82 Å². The molecular weight excluding hydrogens is 252 g/mol. The average molecular weight is 268 g/mol. The van der Waals surface area contributed by atoms with Crippen molar-refractivity contribution < 1.29 is 4.74 Å². The Kier molecular flexibility index (Phi) is 2.75. The molecule has 2 aromatic carbocycles. The van der Waals surface area contributed by atoms with Crippen LogP contribution >= 0.6 is 0 Å². The average Bonchev–Trinajstić information content (AvgIpc) is 2.73. The molecule has 0 bridgehead atoms. The van der Waals surface area contributed by atoms with E-state index in [-0.39, 0.29) is 0 Å². The van der Waals surface area contributed by atoms with Gasteiger partial charge in [-0.05, 0) is 24.4 Å². The van der Waals surface area contributed by atoms with Crippen molar-refractivity contribution in [2.75, 3.05) is 18.7 Å². The number of imidazole rings is 1. The van der Waals surface area contributed by atoms with E-state index in [0.717, 1.165) is 22.1 Å². The lowest BCUT2D eigenvalue weighted by Crippen LogP contribution is -2.13. The van der Waals surface area contributed by atoms with Crippen LogP contribution in [0.4, 0.5) is 5.82 Å². The van der Waals surface area contributed by atoms with Crippen molar-refractivity contribution >= 4 is 16.6 Å². The number of benzene rings is 2. The van der Waals surface area contributed by atoms with Crippen molar-refractivity contribution in [1.29, 1.82) is 0 Å². The van der Waals surface area contributed by atoms with Crippen molar-refractivity contribution in [3.05, 3.63) is 42.2 Å². The number of aromatic nitrogens is 2. The van der Waals surface area contributed by atoms with Crippen LogP contribution in [0.1, 0.15) is 5.82 Å². The van der Waals surface area contributed by atoms with Crippen LogP contribution in [0, 0.1) is 6.92 Å². The fourth-order valence-electron chi connectivity index (χ4n) is 2.42. The molecule has 4 N–H and O–H groups in total. The number of nitrogens with two attached hydrogens (primary N) is 2. The lowest BCUT2D eigenvalue weighted by atomic mass is 10.0. The molecule has 102 valence electrons. The molecule has 0 saturated carbocycles. The summed E-state index contributed by atoms with van der Waals surface area (Å²) < 4.78 is 6.79. The van der Waals surface area contributed by atoms with Crippen molar-refractivity contribution in [3.8, 4) is 17.0 Å².